The fourth-order valence-electron chi connectivity index (χ4n) is 0.689. The molecule has 14 heavy (non-hydrogen) atoms. The molecule has 0 bridgehead atoms. The van der Waals surface area contributed by atoms with E-state index in [2.05, 4.69) is 4.74 Å². The Kier molecular flexibility index (Phi) is 2.45. The Hall–Kier alpha value is -1.60. The Balaban J connectivity index is 3.15. The standard InChI is InChI=1S/C6H2F5NO2/c7-3-1-2(14-6(9,10)11)4(8)5(13)12-3/h1H,(H,12,13). The summed E-state index contributed by atoms with van der Waals surface area (Å²) in [4.78, 5) is 11.7. The molecule has 0 saturated carbocycles. The minimum absolute atomic E-state index is 0.0875. The van der Waals surface area contributed by atoms with Crippen molar-refractivity contribution in [1.29, 1.82) is 0 Å². The highest BCUT2D eigenvalue weighted by Crippen LogP contribution is 2.23. The summed E-state index contributed by atoms with van der Waals surface area (Å²) in [6.45, 7) is 0. The zero-order valence-electron chi connectivity index (χ0n) is 6.28. The van der Waals surface area contributed by atoms with E-state index < -0.39 is 29.4 Å². The van der Waals surface area contributed by atoms with Crippen molar-refractivity contribution in [2.45, 2.75) is 6.36 Å². The van der Waals surface area contributed by atoms with Gasteiger partial charge < -0.3 is 4.74 Å². The molecule has 0 spiro atoms. The predicted molar refractivity (Wildman–Crippen MR) is 33.7 cm³/mol. The van der Waals surface area contributed by atoms with E-state index in [0.717, 1.165) is 0 Å². The maximum atomic E-state index is 12.6. The monoisotopic (exact) mass is 215 g/mol. The molecule has 0 unspecified atom stereocenters. The number of ether oxygens (including phenoxy) is 1. The van der Waals surface area contributed by atoms with Crippen molar-refractivity contribution in [3.05, 3.63) is 28.2 Å². The molecule has 0 aromatic carbocycles. The Morgan fingerprint density at radius 2 is 1.86 bits per heavy atom. The van der Waals surface area contributed by atoms with Gasteiger partial charge in [-0.25, -0.2) is 0 Å². The van der Waals surface area contributed by atoms with Crippen LogP contribution in [-0.2, 0) is 0 Å². The minimum Gasteiger partial charge on any atom is -0.402 e. The molecule has 1 aromatic heterocycles. The second kappa shape index (κ2) is 3.28. The lowest BCUT2D eigenvalue weighted by molar-refractivity contribution is -0.275. The number of alkyl halides is 3. The molecular weight excluding hydrogens is 213 g/mol. The maximum absolute atomic E-state index is 12.6. The van der Waals surface area contributed by atoms with Gasteiger partial charge in [0.15, 0.2) is 11.7 Å². The van der Waals surface area contributed by atoms with Crippen molar-refractivity contribution in [1.82, 2.24) is 4.98 Å². The van der Waals surface area contributed by atoms with Crippen LogP contribution in [0.1, 0.15) is 0 Å². The van der Waals surface area contributed by atoms with Gasteiger partial charge in [-0.05, 0) is 0 Å². The van der Waals surface area contributed by atoms with Crippen molar-refractivity contribution >= 4 is 0 Å². The van der Waals surface area contributed by atoms with E-state index >= 15 is 0 Å². The largest absolute Gasteiger partial charge is 0.573 e. The van der Waals surface area contributed by atoms with Gasteiger partial charge in [0.25, 0.3) is 5.56 Å². The van der Waals surface area contributed by atoms with Gasteiger partial charge in [0.2, 0.25) is 5.82 Å². The van der Waals surface area contributed by atoms with E-state index in [1.54, 1.807) is 0 Å². The van der Waals surface area contributed by atoms with E-state index in [1.807, 2.05) is 0 Å². The van der Waals surface area contributed by atoms with Crippen LogP contribution in [0.2, 0.25) is 0 Å². The van der Waals surface area contributed by atoms with Crippen LogP contribution >= 0.6 is 0 Å². The second-order valence-electron chi connectivity index (χ2n) is 2.17. The van der Waals surface area contributed by atoms with E-state index in [4.69, 9.17) is 0 Å². The van der Waals surface area contributed by atoms with Crippen LogP contribution in [0.5, 0.6) is 5.75 Å². The van der Waals surface area contributed by atoms with Gasteiger partial charge >= 0.3 is 6.36 Å². The minimum atomic E-state index is -5.18. The van der Waals surface area contributed by atoms with E-state index in [-0.39, 0.29) is 6.07 Å². The van der Waals surface area contributed by atoms with Crippen LogP contribution in [0.15, 0.2) is 10.9 Å². The summed E-state index contributed by atoms with van der Waals surface area (Å²) in [5.74, 6) is -4.75. The van der Waals surface area contributed by atoms with Crippen LogP contribution in [-0.4, -0.2) is 11.3 Å². The fraction of sp³-hybridized carbons (Fsp3) is 0.167. The van der Waals surface area contributed by atoms with Crippen molar-refractivity contribution in [2.24, 2.45) is 0 Å². The number of pyridine rings is 1. The van der Waals surface area contributed by atoms with Gasteiger partial charge in [0.1, 0.15) is 0 Å². The molecule has 0 aliphatic rings. The Morgan fingerprint density at radius 1 is 1.29 bits per heavy atom. The first-order valence-corrected chi connectivity index (χ1v) is 3.13. The summed E-state index contributed by atoms with van der Waals surface area (Å²) in [6.07, 6.45) is -5.18. The lowest BCUT2D eigenvalue weighted by Crippen LogP contribution is -2.22. The Morgan fingerprint density at radius 3 is 2.36 bits per heavy atom. The second-order valence-corrected chi connectivity index (χ2v) is 2.17. The summed E-state index contributed by atoms with van der Waals surface area (Å²) in [7, 11) is 0. The predicted octanol–water partition coefficient (Wildman–Crippen LogP) is 1.55. The smallest absolute Gasteiger partial charge is 0.402 e. The molecule has 3 nitrogen and oxygen atoms in total. The third kappa shape index (κ3) is 2.44. The Bertz CT molecular complexity index is 396. The van der Waals surface area contributed by atoms with Crippen LogP contribution in [0.25, 0.3) is 0 Å². The number of aromatic amines is 1. The molecule has 0 aliphatic carbocycles. The number of rotatable bonds is 1. The van der Waals surface area contributed by atoms with Gasteiger partial charge in [0, 0.05) is 6.07 Å². The zero-order valence-corrected chi connectivity index (χ0v) is 6.28. The molecule has 0 fully saturated rings. The first kappa shape index (κ1) is 10.5. The van der Waals surface area contributed by atoms with Crippen molar-refractivity contribution in [3.8, 4) is 5.75 Å². The quantitative estimate of drug-likeness (QED) is 0.570. The van der Waals surface area contributed by atoms with Crippen LogP contribution < -0.4 is 10.3 Å². The van der Waals surface area contributed by atoms with Gasteiger partial charge in [-0.15, -0.1) is 13.2 Å². The molecule has 0 radical (unpaired) electrons. The first-order valence-electron chi connectivity index (χ1n) is 3.13. The van der Waals surface area contributed by atoms with Crippen molar-refractivity contribution in [2.75, 3.05) is 0 Å². The molecule has 1 aromatic rings. The van der Waals surface area contributed by atoms with E-state index in [9.17, 15) is 26.7 Å². The Labute approximate surface area is 73.1 Å². The first-order chi connectivity index (χ1) is 6.29. The number of hydrogen-bond acceptors (Lipinski definition) is 2. The topological polar surface area (TPSA) is 42.1 Å². The molecular formula is C6H2F5NO2. The van der Waals surface area contributed by atoms with Gasteiger partial charge in [-0.2, -0.15) is 8.78 Å². The number of halogens is 5. The number of nitrogens with one attached hydrogen (secondary N) is 1. The van der Waals surface area contributed by atoms with Crippen LogP contribution in [0.3, 0.4) is 0 Å². The average Bonchev–Trinajstić information content (AvgIpc) is 1.96. The summed E-state index contributed by atoms with van der Waals surface area (Å²) in [5, 5.41) is 0. The molecule has 8 heteroatoms. The molecule has 1 rings (SSSR count). The molecule has 0 atom stereocenters. The average molecular weight is 215 g/mol. The van der Waals surface area contributed by atoms with Crippen LogP contribution in [0.4, 0.5) is 22.0 Å². The third-order valence-electron chi connectivity index (χ3n) is 1.13. The lowest BCUT2D eigenvalue weighted by Gasteiger charge is -2.08. The van der Waals surface area contributed by atoms with Gasteiger partial charge in [-0.3, -0.25) is 9.78 Å². The number of hydrogen-bond donors (Lipinski definition) is 1. The highest BCUT2D eigenvalue weighted by molar-refractivity contribution is 5.20. The molecule has 1 N–H and O–H groups in total. The van der Waals surface area contributed by atoms with E-state index in [0.29, 0.717) is 0 Å². The van der Waals surface area contributed by atoms with Crippen molar-refractivity contribution in [3.63, 3.8) is 0 Å². The van der Waals surface area contributed by atoms with Crippen LogP contribution in [0, 0.1) is 11.8 Å². The number of aromatic nitrogens is 1. The van der Waals surface area contributed by atoms with Gasteiger partial charge in [0.05, 0.1) is 0 Å². The lowest BCUT2D eigenvalue weighted by atomic mass is 10.4. The summed E-state index contributed by atoms with van der Waals surface area (Å²) >= 11 is 0. The zero-order chi connectivity index (χ0) is 10.9. The normalized spacial score (nSPS) is 11.5. The summed E-state index contributed by atoms with van der Waals surface area (Å²) < 4.78 is 62.6. The summed E-state index contributed by atoms with van der Waals surface area (Å²) in [5.41, 5.74) is -1.62. The number of H-pyrrole nitrogens is 1. The highest BCUT2D eigenvalue weighted by Gasteiger charge is 2.33. The molecule has 0 saturated heterocycles. The van der Waals surface area contributed by atoms with Crippen molar-refractivity contribution < 1.29 is 26.7 Å². The van der Waals surface area contributed by atoms with E-state index in [1.165, 1.54) is 4.98 Å². The van der Waals surface area contributed by atoms with Gasteiger partial charge in [-0.1, -0.05) is 0 Å². The SMILES string of the molecule is O=c1[nH]c(F)cc(OC(F)(F)F)c1F. The fourth-order valence-corrected chi connectivity index (χ4v) is 0.689. The maximum Gasteiger partial charge on any atom is 0.573 e. The molecule has 0 aliphatic heterocycles. The highest BCUT2D eigenvalue weighted by atomic mass is 19.4. The summed E-state index contributed by atoms with van der Waals surface area (Å²) in [6, 6.07) is 0.0875. The molecule has 78 valence electrons. The third-order valence-corrected chi connectivity index (χ3v) is 1.13. The molecule has 0 amide bonds. The molecule has 1 heterocycles.